The predicted octanol–water partition coefficient (Wildman–Crippen LogP) is 2.47. The third-order valence-electron chi connectivity index (χ3n) is 3.03. The highest BCUT2D eigenvalue weighted by Gasteiger charge is 2.25. The van der Waals surface area contributed by atoms with E-state index in [2.05, 4.69) is 21.9 Å². The normalized spacial score (nSPS) is 20.8. The van der Waals surface area contributed by atoms with Crippen molar-refractivity contribution >= 4 is 11.8 Å². The zero-order valence-corrected chi connectivity index (χ0v) is 9.48. The van der Waals surface area contributed by atoms with E-state index in [1.165, 1.54) is 12.7 Å². The molecule has 1 aliphatic rings. The molecule has 0 aliphatic carbocycles. The minimum Gasteiger partial charge on any atom is -0.363 e. The lowest BCUT2D eigenvalue weighted by atomic mass is 10.0. The van der Waals surface area contributed by atoms with E-state index in [1.807, 2.05) is 4.90 Å². The molecular weight excluding hydrogens is 206 g/mol. The van der Waals surface area contributed by atoms with E-state index in [0.717, 1.165) is 25.8 Å². The summed E-state index contributed by atoms with van der Waals surface area (Å²) in [4.78, 5) is 13.9. The number of hydrogen-bond acceptors (Lipinski definition) is 3. The molecule has 5 nitrogen and oxygen atoms in total. The summed E-state index contributed by atoms with van der Waals surface area (Å²) < 4.78 is 4.67. The maximum absolute atomic E-state index is 12.0. The number of likely N-dealkylation sites (tertiary alicyclic amines) is 1. The molecule has 0 saturated carbocycles. The van der Waals surface area contributed by atoms with Crippen LogP contribution in [0.5, 0.6) is 0 Å². The predicted molar refractivity (Wildman–Crippen MR) is 60.2 cm³/mol. The number of amides is 2. The van der Waals surface area contributed by atoms with Gasteiger partial charge in [0.15, 0.2) is 5.82 Å². The molecule has 0 aromatic carbocycles. The number of urea groups is 1. The quantitative estimate of drug-likeness (QED) is 0.837. The van der Waals surface area contributed by atoms with Gasteiger partial charge >= 0.3 is 6.03 Å². The number of anilines is 1. The standard InChI is InChI=1S/C11H17N3O2/c1-2-9-5-3-4-7-14(9)11(15)12-10-6-8-16-13-10/h6,8-9H,2-5,7H2,1H3,(H,12,13,15). The molecule has 1 aromatic rings. The van der Waals surface area contributed by atoms with Gasteiger partial charge in [-0.3, -0.25) is 5.32 Å². The van der Waals surface area contributed by atoms with Crippen LogP contribution < -0.4 is 5.32 Å². The lowest BCUT2D eigenvalue weighted by Crippen LogP contribution is -2.45. The van der Waals surface area contributed by atoms with E-state index in [-0.39, 0.29) is 6.03 Å². The summed E-state index contributed by atoms with van der Waals surface area (Å²) in [6.07, 6.45) is 5.85. The summed E-state index contributed by atoms with van der Waals surface area (Å²) in [5, 5.41) is 6.41. The van der Waals surface area contributed by atoms with Gasteiger partial charge in [0.05, 0.1) is 0 Å². The van der Waals surface area contributed by atoms with Crippen molar-refractivity contribution < 1.29 is 9.32 Å². The topological polar surface area (TPSA) is 58.4 Å². The average Bonchev–Trinajstić information content (AvgIpc) is 2.81. The minimum atomic E-state index is -0.0690. The lowest BCUT2D eigenvalue weighted by Gasteiger charge is -2.34. The van der Waals surface area contributed by atoms with Crippen LogP contribution in [0, 0.1) is 0 Å². The molecule has 1 aromatic heterocycles. The van der Waals surface area contributed by atoms with Crippen molar-refractivity contribution in [2.24, 2.45) is 0 Å². The number of carbonyl (C=O) groups excluding carboxylic acids is 1. The van der Waals surface area contributed by atoms with Crippen LogP contribution >= 0.6 is 0 Å². The molecule has 1 fully saturated rings. The third-order valence-corrected chi connectivity index (χ3v) is 3.03. The van der Waals surface area contributed by atoms with Crippen molar-refractivity contribution in [3.05, 3.63) is 12.3 Å². The van der Waals surface area contributed by atoms with Crippen LogP contribution in [0.4, 0.5) is 10.6 Å². The largest absolute Gasteiger partial charge is 0.363 e. The van der Waals surface area contributed by atoms with Gasteiger partial charge in [-0.15, -0.1) is 0 Å². The van der Waals surface area contributed by atoms with E-state index in [4.69, 9.17) is 0 Å². The fourth-order valence-corrected chi connectivity index (χ4v) is 2.15. The van der Waals surface area contributed by atoms with Gasteiger partial charge in [0, 0.05) is 18.7 Å². The Hall–Kier alpha value is -1.52. The maximum Gasteiger partial charge on any atom is 0.323 e. The second-order valence-electron chi connectivity index (χ2n) is 4.07. The molecule has 2 rings (SSSR count). The fourth-order valence-electron chi connectivity index (χ4n) is 2.15. The average molecular weight is 223 g/mol. The van der Waals surface area contributed by atoms with Crippen molar-refractivity contribution in [3.63, 3.8) is 0 Å². The van der Waals surface area contributed by atoms with Crippen LogP contribution in [-0.2, 0) is 0 Å². The summed E-state index contributed by atoms with van der Waals surface area (Å²) in [6.45, 7) is 2.95. The van der Waals surface area contributed by atoms with E-state index in [1.54, 1.807) is 6.07 Å². The first-order valence-electron chi connectivity index (χ1n) is 5.79. The van der Waals surface area contributed by atoms with Crippen LogP contribution in [-0.4, -0.2) is 28.7 Å². The number of nitrogens with zero attached hydrogens (tertiary/aromatic N) is 2. The monoisotopic (exact) mass is 223 g/mol. The highest BCUT2D eigenvalue weighted by molar-refractivity contribution is 5.88. The maximum atomic E-state index is 12.0. The van der Waals surface area contributed by atoms with Gasteiger partial charge in [0.2, 0.25) is 0 Å². The molecule has 88 valence electrons. The van der Waals surface area contributed by atoms with Crippen LogP contribution in [0.3, 0.4) is 0 Å². The van der Waals surface area contributed by atoms with Crippen molar-refractivity contribution in [2.45, 2.75) is 38.6 Å². The first-order valence-corrected chi connectivity index (χ1v) is 5.79. The van der Waals surface area contributed by atoms with E-state index < -0.39 is 0 Å². The van der Waals surface area contributed by atoms with Crippen LogP contribution in [0.1, 0.15) is 32.6 Å². The Balaban J connectivity index is 1.97. The molecule has 5 heteroatoms. The molecule has 1 saturated heterocycles. The summed E-state index contributed by atoms with van der Waals surface area (Å²) in [5.74, 6) is 0.477. The van der Waals surface area contributed by atoms with Crippen molar-refractivity contribution in [3.8, 4) is 0 Å². The zero-order chi connectivity index (χ0) is 11.4. The number of carbonyl (C=O) groups is 1. The first kappa shape index (κ1) is 11.0. The Bertz CT molecular complexity index is 337. The number of aromatic nitrogens is 1. The Kier molecular flexibility index (Phi) is 3.44. The highest BCUT2D eigenvalue weighted by Crippen LogP contribution is 2.20. The Morgan fingerprint density at radius 1 is 1.69 bits per heavy atom. The third kappa shape index (κ3) is 2.35. The first-order chi connectivity index (χ1) is 7.81. The summed E-state index contributed by atoms with van der Waals surface area (Å²) in [7, 11) is 0. The molecule has 1 atom stereocenters. The van der Waals surface area contributed by atoms with Gasteiger partial charge in [0.1, 0.15) is 6.26 Å². The van der Waals surface area contributed by atoms with E-state index in [9.17, 15) is 4.79 Å². The van der Waals surface area contributed by atoms with Gasteiger partial charge in [-0.1, -0.05) is 12.1 Å². The Labute approximate surface area is 94.8 Å². The number of piperidine rings is 1. The second-order valence-corrected chi connectivity index (χ2v) is 4.07. The molecule has 16 heavy (non-hydrogen) atoms. The highest BCUT2D eigenvalue weighted by atomic mass is 16.5. The van der Waals surface area contributed by atoms with Crippen LogP contribution in [0.15, 0.2) is 16.9 Å². The molecule has 1 aliphatic heterocycles. The summed E-state index contributed by atoms with van der Waals surface area (Å²) >= 11 is 0. The molecule has 0 bridgehead atoms. The smallest absolute Gasteiger partial charge is 0.323 e. The van der Waals surface area contributed by atoms with Crippen LogP contribution in [0.2, 0.25) is 0 Å². The molecule has 0 radical (unpaired) electrons. The van der Waals surface area contributed by atoms with E-state index >= 15 is 0 Å². The SMILES string of the molecule is CCC1CCCCN1C(=O)Nc1ccon1. The Morgan fingerprint density at radius 3 is 3.25 bits per heavy atom. The van der Waals surface area contributed by atoms with Gasteiger partial charge in [-0.05, 0) is 25.7 Å². The molecule has 2 heterocycles. The van der Waals surface area contributed by atoms with Gasteiger partial charge in [-0.2, -0.15) is 0 Å². The molecule has 1 N–H and O–H groups in total. The van der Waals surface area contributed by atoms with Crippen molar-refractivity contribution in [2.75, 3.05) is 11.9 Å². The molecule has 2 amide bonds. The molecule has 0 spiro atoms. The zero-order valence-electron chi connectivity index (χ0n) is 9.48. The molecule has 1 unspecified atom stereocenters. The van der Waals surface area contributed by atoms with Crippen molar-refractivity contribution in [1.29, 1.82) is 0 Å². The van der Waals surface area contributed by atoms with E-state index in [0.29, 0.717) is 11.9 Å². The number of hydrogen-bond donors (Lipinski definition) is 1. The second kappa shape index (κ2) is 5.01. The van der Waals surface area contributed by atoms with Gasteiger partial charge < -0.3 is 9.42 Å². The molecular formula is C11H17N3O2. The fraction of sp³-hybridized carbons (Fsp3) is 0.636. The number of rotatable bonds is 2. The lowest BCUT2D eigenvalue weighted by molar-refractivity contribution is 0.160. The van der Waals surface area contributed by atoms with Gasteiger partial charge in [0.25, 0.3) is 0 Å². The summed E-state index contributed by atoms with van der Waals surface area (Å²) in [6, 6.07) is 1.93. The minimum absolute atomic E-state index is 0.0690. The number of nitrogens with one attached hydrogen (secondary N) is 1. The van der Waals surface area contributed by atoms with Crippen LogP contribution in [0.25, 0.3) is 0 Å². The van der Waals surface area contributed by atoms with Gasteiger partial charge in [-0.25, -0.2) is 4.79 Å². The van der Waals surface area contributed by atoms with Crippen molar-refractivity contribution in [1.82, 2.24) is 10.1 Å². The summed E-state index contributed by atoms with van der Waals surface area (Å²) in [5.41, 5.74) is 0. The Morgan fingerprint density at radius 2 is 2.56 bits per heavy atom.